The van der Waals surface area contributed by atoms with Crippen LogP contribution in [0.2, 0.25) is 0 Å². The smallest absolute Gasteiger partial charge is 0.308 e. The van der Waals surface area contributed by atoms with E-state index in [1.807, 2.05) is 20.8 Å². The predicted molar refractivity (Wildman–Crippen MR) is 73.2 cm³/mol. The maximum atomic E-state index is 11.7. The first-order chi connectivity index (χ1) is 8.29. The van der Waals surface area contributed by atoms with Crippen LogP contribution < -0.4 is 4.74 Å². The summed E-state index contributed by atoms with van der Waals surface area (Å²) in [5.41, 5.74) is 0.809. The first-order valence-corrected chi connectivity index (χ1v) is 6.64. The highest BCUT2D eigenvalue weighted by molar-refractivity contribution is 7.85. The van der Waals surface area contributed by atoms with Crippen LogP contribution in [0.25, 0.3) is 0 Å². The highest BCUT2D eigenvalue weighted by Gasteiger charge is 2.17. The minimum Gasteiger partial charge on any atom is -0.427 e. The third-order valence-corrected chi connectivity index (χ3v) is 3.31. The lowest BCUT2D eigenvalue weighted by molar-refractivity contribution is -0.131. The van der Waals surface area contributed by atoms with Crippen molar-refractivity contribution in [2.24, 2.45) is 4.40 Å². The Morgan fingerprint density at radius 2 is 1.83 bits per heavy atom. The number of carbonyl (C=O) groups excluding carboxylic acids is 1. The molecule has 0 bridgehead atoms. The van der Waals surface area contributed by atoms with Gasteiger partial charge < -0.3 is 4.74 Å². The second kappa shape index (κ2) is 5.91. The van der Waals surface area contributed by atoms with Gasteiger partial charge in [-0.2, -0.15) is 4.40 Å². The summed E-state index contributed by atoms with van der Waals surface area (Å²) in [7, 11) is -1.27. The zero-order valence-electron chi connectivity index (χ0n) is 11.0. The van der Waals surface area contributed by atoms with E-state index in [1.54, 1.807) is 30.5 Å². The second-order valence-corrected chi connectivity index (χ2v) is 6.69. The average molecular weight is 267 g/mol. The maximum absolute atomic E-state index is 11.7. The molecule has 1 aromatic rings. The van der Waals surface area contributed by atoms with Gasteiger partial charge in [-0.05, 0) is 50.6 Å². The number of carbonyl (C=O) groups is 1. The molecule has 0 aliphatic carbocycles. The summed E-state index contributed by atoms with van der Waals surface area (Å²) in [5, 5.41) is 0. The van der Waals surface area contributed by atoms with Crippen LogP contribution in [-0.4, -0.2) is 21.1 Å². The van der Waals surface area contributed by atoms with Crippen molar-refractivity contribution in [2.75, 3.05) is 0 Å². The summed E-state index contributed by atoms with van der Waals surface area (Å²) < 4.78 is 20.2. The molecule has 0 N–H and O–H groups in total. The molecule has 0 aliphatic rings. The Balaban J connectivity index is 2.72. The number of hydrogen-bond donors (Lipinski definition) is 0. The van der Waals surface area contributed by atoms with Crippen LogP contribution in [0.15, 0.2) is 28.7 Å². The Morgan fingerprint density at radius 1 is 1.28 bits per heavy atom. The van der Waals surface area contributed by atoms with Gasteiger partial charge in [0.1, 0.15) is 16.7 Å². The largest absolute Gasteiger partial charge is 0.427 e. The SMILES string of the molecule is CC(=O)Oc1ccc(/C=N/S(=O)C(C)(C)C)cc1. The molecule has 18 heavy (non-hydrogen) atoms. The minimum absolute atomic E-state index is 0.356. The second-order valence-electron chi connectivity index (χ2n) is 4.76. The molecule has 0 fully saturated rings. The van der Waals surface area contributed by atoms with E-state index in [2.05, 4.69) is 4.40 Å². The Bertz CT molecular complexity index is 472. The van der Waals surface area contributed by atoms with Crippen molar-refractivity contribution in [3.05, 3.63) is 29.8 Å². The molecule has 1 aromatic carbocycles. The molecule has 4 nitrogen and oxygen atoms in total. The molecular formula is C13H17NO3S. The van der Waals surface area contributed by atoms with Crippen molar-refractivity contribution in [2.45, 2.75) is 32.4 Å². The molecule has 1 unspecified atom stereocenters. The average Bonchev–Trinajstić information content (AvgIpc) is 2.25. The van der Waals surface area contributed by atoms with Gasteiger partial charge in [-0.3, -0.25) is 4.79 Å². The van der Waals surface area contributed by atoms with E-state index in [-0.39, 0.29) is 10.7 Å². The Hall–Kier alpha value is -1.49. The fraction of sp³-hybridized carbons (Fsp3) is 0.385. The molecule has 1 rings (SSSR count). The molecule has 0 spiro atoms. The summed E-state index contributed by atoms with van der Waals surface area (Å²) in [5.74, 6) is 0.127. The van der Waals surface area contributed by atoms with Gasteiger partial charge in [0.2, 0.25) is 0 Å². The Kier molecular flexibility index (Phi) is 4.78. The van der Waals surface area contributed by atoms with Crippen LogP contribution >= 0.6 is 0 Å². The predicted octanol–water partition coefficient (Wildman–Crippen LogP) is 2.49. The quantitative estimate of drug-likeness (QED) is 0.480. The maximum Gasteiger partial charge on any atom is 0.308 e. The molecule has 0 aliphatic heterocycles. The normalized spacial score (nSPS) is 13.6. The fourth-order valence-corrected chi connectivity index (χ4v) is 1.59. The molecule has 0 heterocycles. The standard InChI is InChI=1S/C13H17NO3S/c1-10(15)17-12-7-5-11(6-8-12)9-14-18(16)13(2,3)4/h5-9H,1-4H3/b14-9+. The highest BCUT2D eigenvalue weighted by atomic mass is 32.2. The van der Waals surface area contributed by atoms with E-state index in [0.717, 1.165) is 5.56 Å². The van der Waals surface area contributed by atoms with E-state index >= 15 is 0 Å². The molecule has 0 radical (unpaired) electrons. The lowest BCUT2D eigenvalue weighted by atomic mass is 10.2. The van der Waals surface area contributed by atoms with Crippen LogP contribution in [0, 0.1) is 0 Å². The summed E-state index contributed by atoms with van der Waals surface area (Å²) in [6, 6.07) is 6.84. The van der Waals surface area contributed by atoms with Gasteiger partial charge in [-0.25, -0.2) is 4.21 Å². The first kappa shape index (κ1) is 14.6. The van der Waals surface area contributed by atoms with E-state index in [1.165, 1.54) is 6.92 Å². The van der Waals surface area contributed by atoms with Gasteiger partial charge >= 0.3 is 5.97 Å². The summed E-state index contributed by atoms with van der Waals surface area (Å²) in [6.07, 6.45) is 1.55. The Labute approximate surface area is 110 Å². The van der Waals surface area contributed by atoms with E-state index in [4.69, 9.17) is 4.74 Å². The van der Waals surface area contributed by atoms with Crippen molar-refractivity contribution in [1.82, 2.24) is 0 Å². The van der Waals surface area contributed by atoms with Gasteiger partial charge in [0.25, 0.3) is 0 Å². The number of nitrogens with zero attached hydrogens (tertiary/aromatic N) is 1. The van der Waals surface area contributed by atoms with Crippen LogP contribution in [0.3, 0.4) is 0 Å². The van der Waals surface area contributed by atoms with Crippen molar-refractivity contribution >= 4 is 23.2 Å². The molecule has 0 aromatic heterocycles. The lowest BCUT2D eigenvalue weighted by Crippen LogP contribution is -2.19. The Morgan fingerprint density at radius 3 is 2.28 bits per heavy atom. The van der Waals surface area contributed by atoms with Crippen LogP contribution in [0.4, 0.5) is 0 Å². The van der Waals surface area contributed by atoms with Crippen molar-refractivity contribution in [3.63, 3.8) is 0 Å². The number of ether oxygens (including phenoxy) is 1. The lowest BCUT2D eigenvalue weighted by Gasteiger charge is -2.12. The summed E-state index contributed by atoms with van der Waals surface area (Å²) >= 11 is 0. The zero-order valence-corrected chi connectivity index (χ0v) is 11.8. The monoisotopic (exact) mass is 267 g/mol. The number of hydrogen-bond acceptors (Lipinski definition) is 3. The van der Waals surface area contributed by atoms with Crippen LogP contribution in [-0.2, 0) is 15.8 Å². The molecule has 1 atom stereocenters. The van der Waals surface area contributed by atoms with Crippen LogP contribution in [0.5, 0.6) is 5.75 Å². The topological polar surface area (TPSA) is 55.7 Å². The van der Waals surface area contributed by atoms with Gasteiger partial charge in [0.15, 0.2) is 0 Å². The number of rotatable bonds is 3. The number of benzene rings is 1. The van der Waals surface area contributed by atoms with Gasteiger partial charge in [-0.1, -0.05) is 0 Å². The van der Waals surface area contributed by atoms with Crippen molar-refractivity contribution in [1.29, 1.82) is 0 Å². The molecule has 98 valence electrons. The van der Waals surface area contributed by atoms with E-state index in [9.17, 15) is 9.00 Å². The van der Waals surface area contributed by atoms with Gasteiger partial charge in [0.05, 0.1) is 4.75 Å². The van der Waals surface area contributed by atoms with Crippen LogP contribution in [0.1, 0.15) is 33.3 Å². The molecular weight excluding hydrogens is 250 g/mol. The highest BCUT2D eigenvalue weighted by Crippen LogP contribution is 2.14. The van der Waals surface area contributed by atoms with Crippen molar-refractivity contribution < 1.29 is 13.7 Å². The van der Waals surface area contributed by atoms with E-state index < -0.39 is 11.0 Å². The van der Waals surface area contributed by atoms with Gasteiger partial charge in [0, 0.05) is 13.1 Å². The zero-order chi connectivity index (χ0) is 13.8. The first-order valence-electron chi connectivity index (χ1n) is 5.53. The molecule has 0 saturated carbocycles. The van der Waals surface area contributed by atoms with Crippen molar-refractivity contribution in [3.8, 4) is 5.75 Å². The molecule has 0 amide bonds. The van der Waals surface area contributed by atoms with Gasteiger partial charge in [-0.15, -0.1) is 0 Å². The molecule has 0 saturated heterocycles. The fourth-order valence-electron chi connectivity index (χ4n) is 1.05. The minimum atomic E-state index is -1.27. The number of esters is 1. The van der Waals surface area contributed by atoms with E-state index in [0.29, 0.717) is 5.75 Å². The molecule has 5 heteroatoms. The third kappa shape index (κ3) is 4.79. The summed E-state index contributed by atoms with van der Waals surface area (Å²) in [6.45, 7) is 6.95. The summed E-state index contributed by atoms with van der Waals surface area (Å²) in [4.78, 5) is 10.7. The third-order valence-electron chi connectivity index (χ3n) is 1.96.